The number of nitro benzene ring substituents is 1. The summed E-state index contributed by atoms with van der Waals surface area (Å²) in [5, 5.41) is 15.0. The number of hydrogen-bond donors (Lipinski definition) is 0. The minimum atomic E-state index is -0.703. The number of ether oxygens (including phenoxy) is 2. The molecule has 8 heteroatoms. The largest absolute Gasteiger partial charge is 0.487 e. The monoisotopic (exact) mass is 368 g/mol. The Bertz CT molecular complexity index is 952. The summed E-state index contributed by atoms with van der Waals surface area (Å²) in [6.45, 7) is 1.88. The molecule has 0 aliphatic carbocycles. The first-order chi connectivity index (χ1) is 13.1. The molecule has 8 nitrogen and oxygen atoms in total. The van der Waals surface area contributed by atoms with Crippen LogP contribution in [0.3, 0.4) is 0 Å². The van der Waals surface area contributed by atoms with Gasteiger partial charge in [-0.25, -0.2) is 4.79 Å². The van der Waals surface area contributed by atoms with E-state index < -0.39 is 10.9 Å². The van der Waals surface area contributed by atoms with Crippen molar-refractivity contribution < 1.29 is 23.7 Å². The Kier molecular flexibility index (Phi) is 5.46. The molecule has 0 aliphatic heterocycles. The third-order valence-corrected chi connectivity index (χ3v) is 3.66. The molecule has 0 bridgehead atoms. The highest BCUT2D eigenvalue weighted by Gasteiger charge is 2.19. The van der Waals surface area contributed by atoms with Gasteiger partial charge in [0.15, 0.2) is 11.5 Å². The lowest BCUT2D eigenvalue weighted by atomic mass is 10.1. The zero-order valence-corrected chi connectivity index (χ0v) is 14.5. The number of nitrogens with zero attached hydrogens (tertiary/aromatic N) is 2. The minimum Gasteiger partial charge on any atom is -0.487 e. The minimum absolute atomic E-state index is 0.0527. The second-order valence-corrected chi connectivity index (χ2v) is 5.50. The Balaban J connectivity index is 1.68. The van der Waals surface area contributed by atoms with Crippen molar-refractivity contribution in [3.8, 4) is 17.1 Å². The van der Waals surface area contributed by atoms with Gasteiger partial charge in [-0.05, 0) is 19.1 Å². The highest BCUT2D eigenvalue weighted by atomic mass is 16.6. The zero-order valence-electron chi connectivity index (χ0n) is 14.5. The van der Waals surface area contributed by atoms with Gasteiger partial charge >= 0.3 is 11.7 Å². The lowest BCUT2D eigenvalue weighted by Gasteiger charge is -2.06. The second kappa shape index (κ2) is 8.13. The van der Waals surface area contributed by atoms with Crippen molar-refractivity contribution in [2.24, 2.45) is 0 Å². The van der Waals surface area contributed by atoms with Crippen LogP contribution in [0.4, 0.5) is 5.69 Å². The van der Waals surface area contributed by atoms with Gasteiger partial charge in [0, 0.05) is 17.7 Å². The maximum atomic E-state index is 12.2. The summed E-state index contributed by atoms with van der Waals surface area (Å²) in [5.74, 6) is -0.0492. The molecule has 0 saturated heterocycles. The van der Waals surface area contributed by atoms with Gasteiger partial charge in [0.2, 0.25) is 0 Å². The van der Waals surface area contributed by atoms with E-state index in [1.54, 1.807) is 13.0 Å². The normalized spacial score (nSPS) is 10.4. The van der Waals surface area contributed by atoms with Crippen molar-refractivity contribution in [1.29, 1.82) is 0 Å². The molecule has 1 aromatic heterocycles. The molecule has 1 heterocycles. The smallest absolute Gasteiger partial charge is 0.338 e. The van der Waals surface area contributed by atoms with E-state index in [0.717, 1.165) is 11.6 Å². The molecular formula is C19H16N2O6. The van der Waals surface area contributed by atoms with Gasteiger partial charge in [0.05, 0.1) is 17.1 Å². The molecular weight excluding hydrogens is 352 g/mol. The number of esters is 1. The van der Waals surface area contributed by atoms with Gasteiger partial charge in [0.25, 0.3) is 0 Å². The molecule has 138 valence electrons. The van der Waals surface area contributed by atoms with Crippen molar-refractivity contribution in [3.05, 3.63) is 76.0 Å². The van der Waals surface area contributed by atoms with E-state index in [9.17, 15) is 14.9 Å². The molecule has 0 atom stereocenters. The van der Waals surface area contributed by atoms with Crippen LogP contribution in [0.1, 0.15) is 23.0 Å². The first-order valence-corrected chi connectivity index (χ1v) is 8.18. The summed E-state index contributed by atoms with van der Waals surface area (Å²) < 4.78 is 15.6. The fourth-order valence-corrected chi connectivity index (χ4v) is 2.41. The molecule has 0 unspecified atom stereocenters. The van der Waals surface area contributed by atoms with Crippen molar-refractivity contribution >= 4 is 11.7 Å². The molecule has 0 fully saturated rings. The molecule has 0 spiro atoms. The van der Waals surface area contributed by atoms with E-state index >= 15 is 0 Å². The van der Waals surface area contributed by atoms with Gasteiger partial charge in [-0.1, -0.05) is 35.5 Å². The number of hydrogen-bond acceptors (Lipinski definition) is 7. The van der Waals surface area contributed by atoms with E-state index in [1.165, 1.54) is 12.1 Å². The Morgan fingerprint density at radius 1 is 1.19 bits per heavy atom. The standard InChI is InChI=1S/C19H16N2O6/c1-2-25-17-9-8-14(10-16(17)21(23)24)19(22)26-12-15-11-18(27-20-15)13-6-4-3-5-7-13/h3-11H,2,12H2,1H3. The van der Waals surface area contributed by atoms with Crippen LogP contribution in [-0.4, -0.2) is 22.7 Å². The predicted octanol–water partition coefficient (Wildman–Crippen LogP) is 4.01. The van der Waals surface area contributed by atoms with E-state index in [2.05, 4.69) is 5.16 Å². The number of rotatable bonds is 7. The van der Waals surface area contributed by atoms with E-state index in [0.29, 0.717) is 11.5 Å². The predicted molar refractivity (Wildman–Crippen MR) is 95.3 cm³/mol. The SMILES string of the molecule is CCOc1ccc(C(=O)OCc2cc(-c3ccccc3)on2)cc1[N+](=O)[O-]. The van der Waals surface area contributed by atoms with E-state index in [4.69, 9.17) is 14.0 Å². The average Bonchev–Trinajstić information content (AvgIpc) is 3.16. The van der Waals surface area contributed by atoms with Gasteiger partial charge in [-0.15, -0.1) is 0 Å². The van der Waals surface area contributed by atoms with Crippen molar-refractivity contribution in [3.63, 3.8) is 0 Å². The lowest BCUT2D eigenvalue weighted by Crippen LogP contribution is -2.07. The number of benzene rings is 2. The maximum absolute atomic E-state index is 12.2. The molecule has 3 rings (SSSR count). The summed E-state index contributed by atoms with van der Waals surface area (Å²) in [7, 11) is 0. The number of carbonyl (C=O) groups is 1. The van der Waals surface area contributed by atoms with Crippen LogP contribution >= 0.6 is 0 Å². The quantitative estimate of drug-likeness (QED) is 0.352. The molecule has 0 saturated carbocycles. The first-order valence-electron chi connectivity index (χ1n) is 8.18. The van der Waals surface area contributed by atoms with Crippen LogP contribution in [0.15, 0.2) is 59.1 Å². The average molecular weight is 368 g/mol. The Labute approximate surface area is 154 Å². The van der Waals surface area contributed by atoms with Crippen molar-refractivity contribution in [2.45, 2.75) is 13.5 Å². The summed E-state index contributed by atoms with van der Waals surface area (Å²) in [6, 6.07) is 15.0. The second-order valence-electron chi connectivity index (χ2n) is 5.50. The maximum Gasteiger partial charge on any atom is 0.338 e. The van der Waals surface area contributed by atoms with Crippen molar-refractivity contribution in [1.82, 2.24) is 5.16 Å². The molecule has 0 N–H and O–H groups in total. The van der Waals surface area contributed by atoms with Gasteiger partial charge in [-0.3, -0.25) is 10.1 Å². The molecule has 27 heavy (non-hydrogen) atoms. The zero-order chi connectivity index (χ0) is 19.2. The Morgan fingerprint density at radius 3 is 2.67 bits per heavy atom. The highest BCUT2D eigenvalue weighted by molar-refractivity contribution is 5.90. The third-order valence-electron chi connectivity index (χ3n) is 3.66. The number of nitro groups is 1. The van der Waals surface area contributed by atoms with Gasteiger partial charge in [0.1, 0.15) is 12.3 Å². The van der Waals surface area contributed by atoms with Crippen LogP contribution in [0.5, 0.6) is 5.75 Å². The molecule has 0 radical (unpaired) electrons. The van der Waals surface area contributed by atoms with Crippen LogP contribution in [0, 0.1) is 10.1 Å². The molecule has 0 aliphatic rings. The van der Waals surface area contributed by atoms with E-state index in [1.807, 2.05) is 30.3 Å². The Morgan fingerprint density at radius 2 is 1.96 bits per heavy atom. The van der Waals surface area contributed by atoms with E-state index in [-0.39, 0.29) is 30.2 Å². The molecule has 0 amide bonds. The number of aromatic nitrogens is 1. The molecule has 2 aromatic carbocycles. The van der Waals surface area contributed by atoms with Gasteiger partial charge < -0.3 is 14.0 Å². The van der Waals surface area contributed by atoms with Crippen molar-refractivity contribution in [2.75, 3.05) is 6.61 Å². The van der Waals surface area contributed by atoms with Crippen LogP contribution in [0.2, 0.25) is 0 Å². The first kappa shape index (κ1) is 18.1. The summed E-state index contributed by atoms with van der Waals surface area (Å²) in [6.07, 6.45) is 0. The fraction of sp³-hybridized carbons (Fsp3) is 0.158. The third kappa shape index (κ3) is 4.30. The Hall–Kier alpha value is -3.68. The summed E-state index contributed by atoms with van der Waals surface area (Å²) in [5.41, 5.74) is 1.04. The summed E-state index contributed by atoms with van der Waals surface area (Å²) >= 11 is 0. The summed E-state index contributed by atoms with van der Waals surface area (Å²) in [4.78, 5) is 22.7. The van der Waals surface area contributed by atoms with Crippen LogP contribution in [0.25, 0.3) is 11.3 Å². The topological polar surface area (TPSA) is 105 Å². The molecule has 3 aromatic rings. The fourth-order valence-electron chi connectivity index (χ4n) is 2.41. The van der Waals surface area contributed by atoms with Crippen LogP contribution < -0.4 is 4.74 Å². The number of carbonyl (C=O) groups excluding carboxylic acids is 1. The van der Waals surface area contributed by atoms with Gasteiger partial charge in [-0.2, -0.15) is 0 Å². The van der Waals surface area contributed by atoms with Crippen LogP contribution in [-0.2, 0) is 11.3 Å². The highest BCUT2D eigenvalue weighted by Crippen LogP contribution is 2.28. The lowest BCUT2D eigenvalue weighted by molar-refractivity contribution is -0.385.